The van der Waals surface area contributed by atoms with Crippen LogP contribution < -0.4 is 5.32 Å². The van der Waals surface area contributed by atoms with Crippen LogP contribution in [-0.4, -0.2) is 7.05 Å². The van der Waals surface area contributed by atoms with Crippen LogP contribution in [0.25, 0.3) is 0 Å². The Balaban J connectivity index is 2.23. The lowest BCUT2D eigenvalue weighted by Gasteiger charge is -2.36. The highest BCUT2D eigenvalue weighted by Crippen LogP contribution is 2.39. The van der Waals surface area contributed by atoms with Crippen molar-refractivity contribution in [3.8, 4) is 0 Å². The molecule has 0 aliphatic heterocycles. The summed E-state index contributed by atoms with van der Waals surface area (Å²) in [6, 6.07) is 3.88. The summed E-state index contributed by atoms with van der Waals surface area (Å²) in [5.74, 6) is 0.829. The van der Waals surface area contributed by atoms with Crippen LogP contribution in [0.5, 0.6) is 0 Å². The van der Waals surface area contributed by atoms with Crippen LogP contribution in [0, 0.1) is 29.4 Å². The third-order valence-corrected chi connectivity index (χ3v) is 4.24. The van der Waals surface area contributed by atoms with Gasteiger partial charge in [0.25, 0.3) is 0 Å². The highest BCUT2D eigenvalue weighted by Gasteiger charge is 2.30. The van der Waals surface area contributed by atoms with E-state index in [0.717, 1.165) is 24.5 Å². The van der Waals surface area contributed by atoms with Crippen molar-refractivity contribution >= 4 is 0 Å². The maximum Gasteiger partial charge on any atom is 0.126 e. The van der Waals surface area contributed by atoms with E-state index in [0.29, 0.717) is 17.8 Å². The molecule has 3 unspecified atom stereocenters. The van der Waals surface area contributed by atoms with Crippen LogP contribution in [0.15, 0.2) is 18.2 Å². The standard InChI is InChI=1S/C16H23F2N/c1-10-4-11(2)6-12(5-10)16(19-3)13-7-14(17)9-15(18)8-13/h7-12,16,19H,4-6H2,1-3H3. The average Bonchev–Trinajstić information content (AvgIpc) is 2.27. The number of benzene rings is 1. The van der Waals surface area contributed by atoms with E-state index in [1.165, 1.54) is 18.6 Å². The van der Waals surface area contributed by atoms with E-state index in [9.17, 15) is 8.78 Å². The molecule has 1 fully saturated rings. The molecule has 1 saturated carbocycles. The van der Waals surface area contributed by atoms with Crippen LogP contribution in [-0.2, 0) is 0 Å². The average molecular weight is 267 g/mol. The van der Waals surface area contributed by atoms with E-state index >= 15 is 0 Å². The molecule has 1 aromatic carbocycles. The Labute approximate surface area is 114 Å². The van der Waals surface area contributed by atoms with Crippen LogP contribution in [0.4, 0.5) is 8.78 Å². The third kappa shape index (κ3) is 3.53. The van der Waals surface area contributed by atoms with E-state index in [-0.39, 0.29) is 6.04 Å². The Morgan fingerprint density at radius 1 is 1.00 bits per heavy atom. The zero-order valence-corrected chi connectivity index (χ0v) is 11.9. The largest absolute Gasteiger partial charge is 0.313 e. The molecule has 106 valence electrons. The predicted molar refractivity (Wildman–Crippen MR) is 73.8 cm³/mol. The van der Waals surface area contributed by atoms with Gasteiger partial charge in [-0.15, -0.1) is 0 Å². The Morgan fingerprint density at radius 2 is 1.53 bits per heavy atom. The van der Waals surface area contributed by atoms with Gasteiger partial charge in [-0.25, -0.2) is 8.78 Å². The summed E-state index contributed by atoms with van der Waals surface area (Å²) >= 11 is 0. The molecular formula is C16H23F2N. The summed E-state index contributed by atoms with van der Waals surface area (Å²) in [4.78, 5) is 0. The third-order valence-electron chi connectivity index (χ3n) is 4.24. The summed E-state index contributed by atoms with van der Waals surface area (Å²) in [6.07, 6.45) is 3.49. The Hall–Kier alpha value is -0.960. The molecule has 1 aromatic rings. The fraction of sp³-hybridized carbons (Fsp3) is 0.625. The van der Waals surface area contributed by atoms with Gasteiger partial charge in [-0.3, -0.25) is 0 Å². The highest BCUT2D eigenvalue weighted by atomic mass is 19.1. The lowest BCUT2D eigenvalue weighted by atomic mass is 9.72. The normalized spacial score (nSPS) is 29.2. The monoisotopic (exact) mass is 267 g/mol. The molecule has 1 aliphatic rings. The molecule has 0 saturated heterocycles. The smallest absolute Gasteiger partial charge is 0.126 e. The number of hydrogen-bond donors (Lipinski definition) is 1. The number of nitrogens with one attached hydrogen (secondary N) is 1. The minimum absolute atomic E-state index is 0.0374. The quantitative estimate of drug-likeness (QED) is 0.861. The molecule has 19 heavy (non-hydrogen) atoms. The predicted octanol–water partition coefficient (Wildman–Crippen LogP) is 4.30. The van der Waals surface area contributed by atoms with Crippen molar-refractivity contribution in [2.45, 2.75) is 39.2 Å². The second-order valence-electron chi connectivity index (χ2n) is 6.15. The maximum atomic E-state index is 13.4. The number of halogens is 2. The van der Waals surface area contributed by atoms with E-state index in [4.69, 9.17) is 0 Å². The molecular weight excluding hydrogens is 244 g/mol. The summed E-state index contributed by atoms with van der Waals surface area (Å²) in [6.45, 7) is 4.53. The molecule has 2 rings (SSSR count). The van der Waals surface area contributed by atoms with Gasteiger partial charge < -0.3 is 5.32 Å². The van der Waals surface area contributed by atoms with Gasteiger partial charge in [0.1, 0.15) is 11.6 Å². The van der Waals surface area contributed by atoms with E-state index < -0.39 is 11.6 Å². The molecule has 0 aromatic heterocycles. The van der Waals surface area contributed by atoms with Gasteiger partial charge in [-0.2, -0.15) is 0 Å². The molecule has 0 amide bonds. The van der Waals surface area contributed by atoms with Crippen LogP contribution in [0.2, 0.25) is 0 Å². The first-order valence-electron chi connectivity index (χ1n) is 7.12. The summed E-state index contributed by atoms with van der Waals surface area (Å²) in [5.41, 5.74) is 0.728. The zero-order valence-electron chi connectivity index (χ0n) is 11.9. The van der Waals surface area contributed by atoms with Crippen molar-refractivity contribution in [1.82, 2.24) is 5.32 Å². The van der Waals surface area contributed by atoms with Crippen molar-refractivity contribution in [2.24, 2.45) is 17.8 Å². The summed E-state index contributed by atoms with van der Waals surface area (Å²) < 4.78 is 26.8. The second-order valence-corrected chi connectivity index (χ2v) is 6.15. The van der Waals surface area contributed by atoms with Gasteiger partial charge >= 0.3 is 0 Å². The zero-order chi connectivity index (χ0) is 14.0. The minimum atomic E-state index is -0.493. The lowest BCUT2D eigenvalue weighted by Crippen LogP contribution is -2.31. The molecule has 0 bridgehead atoms. The van der Waals surface area contributed by atoms with Crippen molar-refractivity contribution in [3.05, 3.63) is 35.4 Å². The van der Waals surface area contributed by atoms with Crippen LogP contribution in [0.1, 0.15) is 44.7 Å². The molecule has 1 N–H and O–H groups in total. The molecule has 0 radical (unpaired) electrons. The molecule has 1 aliphatic carbocycles. The van der Waals surface area contributed by atoms with E-state index in [1.54, 1.807) is 0 Å². The van der Waals surface area contributed by atoms with Crippen molar-refractivity contribution in [2.75, 3.05) is 7.05 Å². The fourth-order valence-corrected chi connectivity index (χ4v) is 3.71. The second kappa shape index (κ2) is 6.00. The van der Waals surface area contributed by atoms with E-state index in [1.807, 2.05) is 7.05 Å². The topological polar surface area (TPSA) is 12.0 Å². The number of rotatable bonds is 3. The molecule has 0 heterocycles. The van der Waals surface area contributed by atoms with Crippen LogP contribution >= 0.6 is 0 Å². The van der Waals surface area contributed by atoms with Gasteiger partial charge in [0.15, 0.2) is 0 Å². The lowest BCUT2D eigenvalue weighted by molar-refractivity contribution is 0.180. The summed E-state index contributed by atoms with van der Waals surface area (Å²) in [5, 5.41) is 3.25. The van der Waals surface area contributed by atoms with Gasteiger partial charge in [0, 0.05) is 12.1 Å². The van der Waals surface area contributed by atoms with Gasteiger partial charge in [0.2, 0.25) is 0 Å². The Bertz CT molecular complexity index is 403. The van der Waals surface area contributed by atoms with E-state index in [2.05, 4.69) is 19.2 Å². The fourth-order valence-electron chi connectivity index (χ4n) is 3.71. The molecule has 3 atom stereocenters. The minimum Gasteiger partial charge on any atom is -0.313 e. The molecule has 1 nitrogen and oxygen atoms in total. The Morgan fingerprint density at radius 3 is 2.00 bits per heavy atom. The summed E-state index contributed by atoms with van der Waals surface area (Å²) in [7, 11) is 1.87. The molecule has 0 spiro atoms. The highest BCUT2D eigenvalue weighted by molar-refractivity contribution is 5.22. The van der Waals surface area contributed by atoms with Crippen molar-refractivity contribution < 1.29 is 8.78 Å². The van der Waals surface area contributed by atoms with Crippen molar-refractivity contribution in [1.29, 1.82) is 0 Å². The first-order chi connectivity index (χ1) is 8.99. The van der Waals surface area contributed by atoms with Gasteiger partial charge in [-0.05, 0) is 61.8 Å². The maximum absolute atomic E-state index is 13.4. The molecule has 3 heteroatoms. The van der Waals surface area contributed by atoms with Crippen molar-refractivity contribution in [3.63, 3.8) is 0 Å². The first kappa shape index (κ1) is 14.4. The Kier molecular flexibility index (Phi) is 4.56. The van der Waals surface area contributed by atoms with Gasteiger partial charge in [0.05, 0.1) is 0 Å². The number of hydrogen-bond acceptors (Lipinski definition) is 1. The SMILES string of the molecule is CNC(c1cc(F)cc(F)c1)C1CC(C)CC(C)C1. The first-order valence-corrected chi connectivity index (χ1v) is 7.12. The van der Waals surface area contributed by atoms with Crippen LogP contribution in [0.3, 0.4) is 0 Å². The van der Waals surface area contributed by atoms with Gasteiger partial charge in [-0.1, -0.05) is 13.8 Å².